The van der Waals surface area contributed by atoms with Crippen molar-refractivity contribution in [1.82, 2.24) is 4.98 Å². The van der Waals surface area contributed by atoms with Crippen LogP contribution in [0.25, 0.3) is 0 Å². The van der Waals surface area contributed by atoms with Gasteiger partial charge < -0.3 is 10.6 Å². The number of carbonyl (C=O) groups is 2. The molecule has 2 N–H and O–H groups in total. The molecule has 2 fully saturated rings. The van der Waals surface area contributed by atoms with Gasteiger partial charge in [-0.05, 0) is 67.3 Å². The first kappa shape index (κ1) is 17.6. The molecule has 1 aromatic heterocycles. The minimum Gasteiger partial charge on any atom is -0.324 e. The van der Waals surface area contributed by atoms with E-state index in [1.54, 1.807) is 18.2 Å². The first-order valence-corrected chi connectivity index (χ1v) is 9.40. The third-order valence-electron chi connectivity index (χ3n) is 5.73. The van der Waals surface area contributed by atoms with Crippen LogP contribution < -0.4 is 10.6 Å². The molecule has 5 nitrogen and oxygen atoms in total. The summed E-state index contributed by atoms with van der Waals surface area (Å²) in [7, 11) is 0. The monoisotopic (exact) mass is 367 g/mol. The molecular formula is C21H22FN3O2. The molecule has 1 aromatic carbocycles. The van der Waals surface area contributed by atoms with E-state index in [2.05, 4.69) is 15.6 Å². The van der Waals surface area contributed by atoms with Gasteiger partial charge in [0.25, 0.3) is 5.91 Å². The predicted octanol–water partition coefficient (Wildman–Crippen LogP) is 4.24. The Bertz CT molecular complexity index is 856. The Morgan fingerprint density at radius 1 is 1.07 bits per heavy atom. The number of hydrogen-bond acceptors (Lipinski definition) is 3. The fraction of sp³-hybridized carbons (Fsp3) is 0.381. The fourth-order valence-electron chi connectivity index (χ4n) is 4.48. The number of anilines is 2. The molecular weight excluding hydrogens is 345 g/mol. The highest BCUT2D eigenvalue weighted by atomic mass is 19.1. The lowest BCUT2D eigenvalue weighted by Gasteiger charge is -2.21. The van der Waals surface area contributed by atoms with E-state index in [1.807, 2.05) is 0 Å². The Morgan fingerprint density at radius 3 is 2.67 bits per heavy atom. The maximum Gasteiger partial charge on any atom is 0.274 e. The number of rotatable bonds is 5. The molecule has 0 saturated heterocycles. The number of nitrogens with one attached hydrogen (secondary N) is 2. The quantitative estimate of drug-likeness (QED) is 0.830. The summed E-state index contributed by atoms with van der Waals surface area (Å²) in [5.74, 6) is 0.828. The summed E-state index contributed by atoms with van der Waals surface area (Å²) < 4.78 is 13.7. The van der Waals surface area contributed by atoms with Gasteiger partial charge in [0.15, 0.2) is 0 Å². The molecule has 0 aliphatic heterocycles. The van der Waals surface area contributed by atoms with Crippen LogP contribution in [0.2, 0.25) is 0 Å². The molecule has 6 heteroatoms. The highest BCUT2D eigenvalue weighted by Gasteiger charge is 2.40. The molecule has 2 amide bonds. The third kappa shape index (κ3) is 3.99. The first-order valence-electron chi connectivity index (χ1n) is 9.40. The summed E-state index contributed by atoms with van der Waals surface area (Å²) in [6, 6.07) is 8.95. The van der Waals surface area contributed by atoms with E-state index in [0.29, 0.717) is 23.9 Å². The van der Waals surface area contributed by atoms with Crippen LogP contribution in [0, 0.1) is 23.6 Å². The molecule has 27 heavy (non-hydrogen) atoms. The normalized spacial score (nSPS) is 23.2. The van der Waals surface area contributed by atoms with Gasteiger partial charge >= 0.3 is 0 Å². The molecule has 2 aromatic rings. The van der Waals surface area contributed by atoms with E-state index >= 15 is 0 Å². The molecule has 2 saturated carbocycles. The van der Waals surface area contributed by atoms with Crippen molar-refractivity contribution in [2.75, 3.05) is 10.6 Å². The lowest BCUT2D eigenvalue weighted by Crippen LogP contribution is -2.21. The Labute approximate surface area is 157 Å². The van der Waals surface area contributed by atoms with Crippen LogP contribution in [0.1, 0.15) is 42.6 Å². The maximum absolute atomic E-state index is 13.7. The maximum atomic E-state index is 13.7. The van der Waals surface area contributed by atoms with Crippen molar-refractivity contribution >= 4 is 23.2 Å². The van der Waals surface area contributed by atoms with Gasteiger partial charge in [0.2, 0.25) is 5.91 Å². The standard InChI is InChI=1S/C21H22FN3O2/c22-16-6-7-17(25-21(27)18-3-1-2-8-23-18)19(12-16)24-20(26)11-15-10-13-4-5-14(15)9-13/h1-3,6-8,12-15H,4-5,9-11H2,(H,24,26)(H,25,27). The van der Waals surface area contributed by atoms with Gasteiger partial charge in [-0.25, -0.2) is 4.39 Å². The number of fused-ring (bicyclic) bond motifs is 2. The van der Waals surface area contributed by atoms with Gasteiger partial charge in [-0.15, -0.1) is 0 Å². The van der Waals surface area contributed by atoms with Gasteiger partial charge in [0.05, 0.1) is 11.4 Å². The van der Waals surface area contributed by atoms with E-state index in [0.717, 1.165) is 12.3 Å². The van der Waals surface area contributed by atoms with Gasteiger partial charge in [0.1, 0.15) is 11.5 Å². The second-order valence-corrected chi connectivity index (χ2v) is 7.55. The van der Waals surface area contributed by atoms with E-state index in [9.17, 15) is 14.0 Å². The molecule has 2 aliphatic rings. The number of nitrogens with zero attached hydrogens (tertiary/aromatic N) is 1. The average molecular weight is 367 g/mol. The van der Waals surface area contributed by atoms with Crippen LogP contribution in [0.15, 0.2) is 42.6 Å². The number of carbonyl (C=O) groups excluding carboxylic acids is 2. The zero-order valence-electron chi connectivity index (χ0n) is 15.0. The minimum absolute atomic E-state index is 0.133. The molecule has 0 radical (unpaired) electrons. The van der Waals surface area contributed by atoms with E-state index < -0.39 is 11.7 Å². The predicted molar refractivity (Wildman–Crippen MR) is 101 cm³/mol. The first-order chi connectivity index (χ1) is 13.1. The minimum atomic E-state index is -0.471. The van der Waals surface area contributed by atoms with Crippen LogP contribution in [-0.4, -0.2) is 16.8 Å². The summed E-state index contributed by atoms with van der Waals surface area (Å²) >= 11 is 0. The van der Waals surface area contributed by atoms with Crippen molar-refractivity contribution in [3.63, 3.8) is 0 Å². The van der Waals surface area contributed by atoms with Crippen LogP contribution >= 0.6 is 0 Å². The molecule has 140 valence electrons. The molecule has 0 spiro atoms. The van der Waals surface area contributed by atoms with Gasteiger partial charge in [-0.2, -0.15) is 0 Å². The largest absolute Gasteiger partial charge is 0.324 e. The van der Waals surface area contributed by atoms with Crippen molar-refractivity contribution in [3.05, 3.63) is 54.1 Å². The van der Waals surface area contributed by atoms with E-state index in [4.69, 9.17) is 0 Å². The van der Waals surface area contributed by atoms with Crippen molar-refractivity contribution in [2.45, 2.75) is 32.1 Å². The van der Waals surface area contributed by atoms with E-state index in [1.165, 1.54) is 43.7 Å². The number of hydrogen-bond donors (Lipinski definition) is 2. The molecule has 1 heterocycles. The molecule has 2 bridgehead atoms. The number of amides is 2. The average Bonchev–Trinajstić information content (AvgIpc) is 3.27. The van der Waals surface area contributed by atoms with Crippen molar-refractivity contribution in [3.8, 4) is 0 Å². The molecule has 2 aliphatic carbocycles. The van der Waals surface area contributed by atoms with Crippen molar-refractivity contribution in [1.29, 1.82) is 0 Å². The lowest BCUT2D eigenvalue weighted by molar-refractivity contribution is -0.117. The Balaban J connectivity index is 1.44. The summed E-state index contributed by atoms with van der Waals surface area (Å²) in [5, 5.41) is 5.48. The van der Waals surface area contributed by atoms with Gasteiger partial charge in [0, 0.05) is 12.6 Å². The Hall–Kier alpha value is -2.76. The Kier molecular flexibility index (Phi) is 4.88. The summed E-state index contributed by atoms with van der Waals surface area (Å²) in [6.45, 7) is 0. The van der Waals surface area contributed by atoms with Crippen LogP contribution in [0.4, 0.5) is 15.8 Å². The molecule has 3 atom stereocenters. The second kappa shape index (κ2) is 7.47. The second-order valence-electron chi connectivity index (χ2n) is 7.55. The number of aromatic nitrogens is 1. The number of pyridine rings is 1. The third-order valence-corrected chi connectivity index (χ3v) is 5.73. The molecule has 4 rings (SSSR count). The zero-order chi connectivity index (χ0) is 18.8. The summed E-state index contributed by atoms with van der Waals surface area (Å²) in [5.41, 5.74) is 0.877. The summed E-state index contributed by atoms with van der Waals surface area (Å²) in [4.78, 5) is 28.8. The Morgan fingerprint density at radius 2 is 1.96 bits per heavy atom. The van der Waals surface area contributed by atoms with Gasteiger partial charge in [-0.3, -0.25) is 14.6 Å². The summed E-state index contributed by atoms with van der Waals surface area (Å²) in [6.07, 6.45) is 6.83. The SMILES string of the molecule is O=C(CC1CC2CCC1C2)Nc1cc(F)ccc1NC(=O)c1ccccn1. The lowest BCUT2D eigenvalue weighted by atomic mass is 9.86. The van der Waals surface area contributed by atoms with Crippen LogP contribution in [0.5, 0.6) is 0 Å². The topological polar surface area (TPSA) is 71.1 Å². The van der Waals surface area contributed by atoms with Crippen LogP contribution in [0.3, 0.4) is 0 Å². The number of halogens is 1. The van der Waals surface area contributed by atoms with Crippen molar-refractivity contribution in [2.24, 2.45) is 17.8 Å². The highest BCUT2D eigenvalue weighted by molar-refractivity contribution is 6.06. The van der Waals surface area contributed by atoms with Crippen molar-refractivity contribution < 1.29 is 14.0 Å². The van der Waals surface area contributed by atoms with Gasteiger partial charge in [-0.1, -0.05) is 12.5 Å². The zero-order valence-corrected chi connectivity index (χ0v) is 15.0. The van der Waals surface area contributed by atoms with Crippen LogP contribution in [-0.2, 0) is 4.79 Å². The number of benzene rings is 1. The smallest absolute Gasteiger partial charge is 0.274 e. The molecule has 3 unspecified atom stereocenters. The fourth-order valence-corrected chi connectivity index (χ4v) is 4.48. The highest BCUT2D eigenvalue weighted by Crippen LogP contribution is 2.49. The van der Waals surface area contributed by atoms with E-state index in [-0.39, 0.29) is 17.3 Å².